The van der Waals surface area contributed by atoms with Crippen LogP contribution in [0.25, 0.3) is 0 Å². The smallest absolute Gasteiger partial charge is 0.317 e. The maximum Gasteiger partial charge on any atom is 0.317 e. The maximum absolute atomic E-state index is 12.1. The molecule has 0 bridgehead atoms. The van der Waals surface area contributed by atoms with Crippen molar-refractivity contribution in [1.82, 2.24) is 10.2 Å². The first-order valence-corrected chi connectivity index (χ1v) is 7.38. The number of primary amides is 1. The molecule has 1 heterocycles. The Morgan fingerprint density at radius 1 is 1.36 bits per heavy atom. The van der Waals surface area contributed by atoms with Crippen molar-refractivity contribution >= 4 is 11.9 Å². The Balaban J connectivity index is 1.78. The Morgan fingerprint density at radius 2 is 2.09 bits per heavy atom. The Kier molecular flexibility index (Phi) is 5.37. The molecule has 116 valence electrons. The number of benzene rings is 1. The van der Waals surface area contributed by atoms with Crippen LogP contribution >= 0.6 is 0 Å². The van der Waals surface area contributed by atoms with Crippen molar-refractivity contribution in [3.8, 4) is 6.07 Å². The van der Waals surface area contributed by atoms with Crippen molar-refractivity contribution in [2.45, 2.75) is 25.8 Å². The molecule has 3 amide bonds. The first-order chi connectivity index (χ1) is 10.6. The summed E-state index contributed by atoms with van der Waals surface area (Å²) in [5.74, 6) is 0.00846. The molecule has 1 aromatic carbocycles. The van der Waals surface area contributed by atoms with Crippen molar-refractivity contribution in [2.75, 3.05) is 13.1 Å². The van der Waals surface area contributed by atoms with E-state index in [0.29, 0.717) is 31.6 Å². The molecule has 0 aromatic heterocycles. The lowest BCUT2D eigenvalue weighted by molar-refractivity contribution is -0.119. The molecule has 1 aliphatic rings. The largest absolute Gasteiger partial charge is 0.370 e. The molecule has 22 heavy (non-hydrogen) atoms. The van der Waals surface area contributed by atoms with Crippen molar-refractivity contribution in [3.63, 3.8) is 0 Å². The normalized spacial score (nSPS) is 15.1. The van der Waals surface area contributed by atoms with E-state index < -0.39 is 0 Å². The van der Waals surface area contributed by atoms with Crippen LogP contribution < -0.4 is 11.1 Å². The summed E-state index contributed by atoms with van der Waals surface area (Å²) < 4.78 is 0. The summed E-state index contributed by atoms with van der Waals surface area (Å²) in [4.78, 5) is 24.8. The number of urea groups is 1. The quantitative estimate of drug-likeness (QED) is 0.878. The molecule has 0 atom stereocenters. The molecule has 1 aromatic rings. The molecular weight excluding hydrogens is 280 g/mol. The van der Waals surface area contributed by atoms with Crippen LogP contribution in [0.3, 0.4) is 0 Å². The van der Waals surface area contributed by atoms with E-state index >= 15 is 0 Å². The average molecular weight is 300 g/mol. The van der Waals surface area contributed by atoms with Gasteiger partial charge in [0.25, 0.3) is 0 Å². The van der Waals surface area contributed by atoms with Crippen LogP contribution in [-0.4, -0.2) is 29.9 Å². The van der Waals surface area contributed by atoms with Gasteiger partial charge in [-0.2, -0.15) is 5.26 Å². The SMILES string of the molecule is N#Cc1cccc(CNC(=O)N2CCC(CC(N)=O)CC2)c1. The van der Waals surface area contributed by atoms with Gasteiger partial charge in [-0.1, -0.05) is 12.1 Å². The second-order valence-electron chi connectivity index (χ2n) is 5.57. The third-order valence-corrected chi connectivity index (χ3v) is 3.89. The molecule has 0 aliphatic carbocycles. The number of nitriles is 1. The van der Waals surface area contributed by atoms with Crippen LogP contribution in [0.5, 0.6) is 0 Å². The fraction of sp³-hybridized carbons (Fsp3) is 0.438. The number of rotatable bonds is 4. The highest BCUT2D eigenvalue weighted by molar-refractivity contribution is 5.75. The highest BCUT2D eigenvalue weighted by Gasteiger charge is 2.23. The van der Waals surface area contributed by atoms with Gasteiger partial charge in [0.2, 0.25) is 5.91 Å². The summed E-state index contributed by atoms with van der Waals surface area (Å²) in [5.41, 5.74) is 6.68. The van der Waals surface area contributed by atoms with Gasteiger partial charge in [0.15, 0.2) is 0 Å². The Hall–Kier alpha value is -2.55. The minimum atomic E-state index is -0.278. The summed E-state index contributed by atoms with van der Waals surface area (Å²) in [7, 11) is 0. The van der Waals surface area contributed by atoms with E-state index in [1.807, 2.05) is 6.07 Å². The number of hydrogen-bond donors (Lipinski definition) is 2. The van der Waals surface area contributed by atoms with E-state index in [0.717, 1.165) is 18.4 Å². The minimum Gasteiger partial charge on any atom is -0.370 e. The van der Waals surface area contributed by atoms with Crippen molar-refractivity contribution in [1.29, 1.82) is 5.26 Å². The van der Waals surface area contributed by atoms with Crippen molar-refractivity contribution < 1.29 is 9.59 Å². The van der Waals surface area contributed by atoms with Gasteiger partial charge < -0.3 is 16.0 Å². The molecule has 6 heteroatoms. The van der Waals surface area contributed by atoms with E-state index in [1.165, 1.54) is 0 Å². The summed E-state index contributed by atoms with van der Waals surface area (Å²) in [6.07, 6.45) is 2.01. The second-order valence-corrected chi connectivity index (χ2v) is 5.57. The third kappa shape index (κ3) is 4.48. The van der Waals surface area contributed by atoms with Gasteiger partial charge >= 0.3 is 6.03 Å². The molecular formula is C16H20N4O2. The van der Waals surface area contributed by atoms with Crippen LogP contribution in [-0.2, 0) is 11.3 Å². The Morgan fingerprint density at radius 3 is 2.73 bits per heavy atom. The summed E-state index contributed by atoms with van der Waals surface area (Å²) in [6, 6.07) is 9.14. The molecule has 3 N–H and O–H groups in total. The number of piperidine rings is 1. The van der Waals surface area contributed by atoms with Crippen LogP contribution in [0.2, 0.25) is 0 Å². The molecule has 0 saturated carbocycles. The van der Waals surface area contributed by atoms with Gasteiger partial charge in [-0.15, -0.1) is 0 Å². The summed E-state index contributed by atoms with van der Waals surface area (Å²) in [6.45, 7) is 1.68. The Bertz CT molecular complexity index is 586. The topological polar surface area (TPSA) is 99.2 Å². The minimum absolute atomic E-state index is 0.111. The standard InChI is InChI=1S/C16H20N4O2/c17-10-13-2-1-3-14(8-13)11-19-16(22)20-6-4-12(5-7-20)9-15(18)21/h1-3,8,12H,4-7,9,11H2,(H2,18,21)(H,19,22). The first kappa shape index (κ1) is 15.8. The van der Waals surface area contributed by atoms with Crippen LogP contribution in [0.1, 0.15) is 30.4 Å². The number of carbonyl (C=O) groups excluding carboxylic acids is 2. The third-order valence-electron chi connectivity index (χ3n) is 3.89. The second kappa shape index (κ2) is 7.46. The average Bonchev–Trinajstić information content (AvgIpc) is 2.53. The zero-order chi connectivity index (χ0) is 15.9. The fourth-order valence-electron chi connectivity index (χ4n) is 2.67. The van der Waals surface area contributed by atoms with Gasteiger partial charge in [-0.25, -0.2) is 4.79 Å². The lowest BCUT2D eigenvalue weighted by Gasteiger charge is -2.31. The van der Waals surface area contributed by atoms with Crippen LogP contribution in [0.4, 0.5) is 4.79 Å². The van der Waals surface area contributed by atoms with Gasteiger partial charge in [0, 0.05) is 26.1 Å². The molecule has 2 rings (SSSR count). The van der Waals surface area contributed by atoms with E-state index in [9.17, 15) is 9.59 Å². The predicted molar refractivity (Wildman–Crippen MR) is 81.5 cm³/mol. The van der Waals surface area contributed by atoms with Crippen molar-refractivity contribution in [3.05, 3.63) is 35.4 Å². The molecule has 1 aliphatic heterocycles. The number of carbonyl (C=O) groups is 2. The van der Waals surface area contributed by atoms with Gasteiger partial charge in [-0.3, -0.25) is 4.79 Å². The molecule has 1 fully saturated rings. The summed E-state index contributed by atoms with van der Waals surface area (Å²) in [5, 5.41) is 11.7. The van der Waals surface area contributed by atoms with Crippen LogP contribution in [0, 0.1) is 17.2 Å². The molecule has 1 saturated heterocycles. The molecule has 0 unspecified atom stereocenters. The predicted octanol–water partition coefficient (Wildman–Crippen LogP) is 1.36. The Labute approximate surface area is 129 Å². The maximum atomic E-state index is 12.1. The monoisotopic (exact) mass is 300 g/mol. The van der Waals surface area contributed by atoms with E-state index in [4.69, 9.17) is 11.0 Å². The number of nitrogens with one attached hydrogen (secondary N) is 1. The number of nitrogens with two attached hydrogens (primary N) is 1. The number of amides is 3. The van der Waals surface area contributed by atoms with E-state index in [-0.39, 0.29) is 17.9 Å². The number of likely N-dealkylation sites (tertiary alicyclic amines) is 1. The van der Waals surface area contributed by atoms with Crippen molar-refractivity contribution in [2.24, 2.45) is 11.7 Å². The highest BCUT2D eigenvalue weighted by atomic mass is 16.2. The van der Waals surface area contributed by atoms with Gasteiger partial charge in [0.1, 0.15) is 0 Å². The van der Waals surface area contributed by atoms with Crippen LogP contribution in [0.15, 0.2) is 24.3 Å². The van der Waals surface area contributed by atoms with Gasteiger partial charge in [-0.05, 0) is 36.5 Å². The molecule has 0 spiro atoms. The summed E-state index contributed by atoms with van der Waals surface area (Å²) >= 11 is 0. The van der Waals surface area contributed by atoms with E-state index in [1.54, 1.807) is 23.1 Å². The highest BCUT2D eigenvalue weighted by Crippen LogP contribution is 2.20. The zero-order valence-corrected chi connectivity index (χ0v) is 12.4. The van der Waals surface area contributed by atoms with E-state index in [2.05, 4.69) is 11.4 Å². The molecule has 6 nitrogen and oxygen atoms in total. The number of nitrogens with zero attached hydrogens (tertiary/aromatic N) is 2. The lowest BCUT2D eigenvalue weighted by atomic mass is 9.93. The van der Waals surface area contributed by atoms with Gasteiger partial charge in [0.05, 0.1) is 11.6 Å². The fourth-order valence-corrected chi connectivity index (χ4v) is 2.67. The first-order valence-electron chi connectivity index (χ1n) is 7.38. The molecule has 0 radical (unpaired) electrons. The lowest BCUT2D eigenvalue weighted by Crippen LogP contribution is -2.44. The number of hydrogen-bond acceptors (Lipinski definition) is 3. The zero-order valence-electron chi connectivity index (χ0n) is 12.4.